The maximum Gasteiger partial charge on any atom is 0.123 e. The van der Waals surface area contributed by atoms with E-state index in [1.165, 1.54) is 0 Å². The molecule has 1 aliphatic heterocycles. The molecule has 0 spiro atoms. The molecule has 2 N–H and O–H groups in total. The van der Waals surface area contributed by atoms with Crippen LogP contribution < -0.4 is 4.90 Å². The summed E-state index contributed by atoms with van der Waals surface area (Å²) in [6.45, 7) is 3.08. The van der Waals surface area contributed by atoms with E-state index in [2.05, 4.69) is 4.90 Å². The molecule has 0 radical (unpaired) electrons. The van der Waals surface area contributed by atoms with E-state index in [1.54, 1.807) is 33.3 Å². The van der Waals surface area contributed by atoms with Crippen LogP contribution >= 0.6 is 0 Å². The highest BCUT2D eigenvalue weighted by atomic mass is 16.5. The molecule has 5 nitrogen and oxygen atoms in total. The van der Waals surface area contributed by atoms with Crippen molar-refractivity contribution < 1.29 is 19.7 Å². The van der Waals surface area contributed by atoms with Crippen LogP contribution in [0.25, 0.3) is 0 Å². The first-order chi connectivity index (χ1) is 9.06. The number of phenols is 1. The van der Waals surface area contributed by atoms with Crippen LogP contribution in [0.1, 0.15) is 18.6 Å². The van der Waals surface area contributed by atoms with Gasteiger partial charge in [-0.05, 0) is 13.0 Å². The van der Waals surface area contributed by atoms with E-state index < -0.39 is 6.10 Å². The topological polar surface area (TPSA) is 62.2 Å². The second-order valence-corrected chi connectivity index (χ2v) is 4.87. The highest BCUT2D eigenvalue weighted by molar-refractivity contribution is 5.55. The summed E-state index contributed by atoms with van der Waals surface area (Å²) in [4.78, 5) is 2.11. The Bertz CT molecular complexity index is 423. The van der Waals surface area contributed by atoms with E-state index in [9.17, 15) is 10.2 Å². The third-order valence-electron chi connectivity index (χ3n) is 3.65. The Balaban J connectivity index is 2.17. The zero-order chi connectivity index (χ0) is 14.0. The Labute approximate surface area is 113 Å². The molecule has 1 aliphatic rings. The van der Waals surface area contributed by atoms with Gasteiger partial charge >= 0.3 is 0 Å². The van der Waals surface area contributed by atoms with Crippen molar-refractivity contribution in [1.29, 1.82) is 0 Å². The van der Waals surface area contributed by atoms with Crippen LogP contribution in [0, 0.1) is 0 Å². The molecule has 3 unspecified atom stereocenters. The van der Waals surface area contributed by atoms with Crippen molar-refractivity contribution in [3.8, 4) is 5.75 Å². The molecule has 2 rings (SSSR count). The second-order valence-electron chi connectivity index (χ2n) is 4.87. The van der Waals surface area contributed by atoms with Gasteiger partial charge in [0.1, 0.15) is 18.0 Å². The largest absolute Gasteiger partial charge is 0.507 e. The Morgan fingerprint density at radius 3 is 2.21 bits per heavy atom. The highest BCUT2D eigenvalue weighted by Gasteiger charge is 2.33. The molecule has 1 aromatic rings. The first kappa shape index (κ1) is 14.1. The van der Waals surface area contributed by atoms with E-state index in [1.807, 2.05) is 6.07 Å². The van der Waals surface area contributed by atoms with E-state index >= 15 is 0 Å². The summed E-state index contributed by atoms with van der Waals surface area (Å²) in [6.07, 6.45) is -0.613. The van der Waals surface area contributed by atoms with Crippen molar-refractivity contribution in [2.24, 2.45) is 0 Å². The van der Waals surface area contributed by atoms with Crippen LogP contribution in [0.3, 0.4) is 0 Å². The fourth-order valence-corrected chi connectivity index (χ4v) is 2.49. The molecule has 0 amide bonds. The van der Waals surface area contributed by atoms with Crippen LogP contribution in [-0.4, -0.2) is 49.7 Å². The van der Waals surface area contributed by atoms with Gasteiger partial charge in [-0.2, -0.15) is 0 Å². The van der Waals surface area contributed by atoms with Crippen LogP contribution in [0.4, 0.5) is 5.69 Å². The Morgan fingerprint density at radius 1 is 1.21 bits per heavy atom. The predicted molar refractivity (Wildman–Crippen MR) is 72.5 cm³/mol. The molecule has 19 heavy (non-hydrogen) atoms. The summed E-state index contributed by atoms with van der Waals surface area (Å²) in [6, 6.07) is 5.32. The molecule has 1 fully saturated rings. The lowest BCUT2D eigenvalue weighted by Crippen LogP contribution is -2.27. The van der Waals surface area contributed by atoms with Gasteiger partial charge < -0.3 is 24.6 Å². The van der Waals surface area contributed by atoms with Crippen molar-refractivity contribution in [2.75, 3.05) is 32.2 Å². The average molecular weight is 267 g/mol. The summed E-state index contributed by atoms with van der Waals surface area (Å²) in [7, 11) is 3.35. The molecule has 0 aromatic heterocycles. The normalized spacial score (nSPS) is 24.7. The molecular weight excluding hydrogens is 246 g/mol. The maximum atomic E-state index is 9.92. The Hall–Kier alpha value is -1.30. The molecule has 1 saturated heterocycles. The Morgan fingerprint density at radius 2 is 1.79 bits per heavy atom. The fraction of sp³-hybridized carbons (Fsp3) is 0.571. The third kappa shape index (κ3) is 2.83. The first-order valence-electron chi connectivity index (χ1n) is 6.38. The number of aromatic hydroxyl groups is 1. The zero-order valence-electron chi connectivity index (χ0n) is 11.5. The number of ether oxygens (including phenoxy) is 2. The Kier molecular flexibility index (Phi) is 4.29. The van der Waals surface area contributed by atoms with Crippen molar-refractivity contribution in [1.82, 2.24) is 0 Å². The van der Waals surface area contributed by atoms with E-state index in [0.717, 1.165) is 18.8 Å². The lowest BCUT2D eigenvalue weighted by molar-refractivity contribution is -0.00461. The number of aliphatic hydroxyl groups excluding tert-OH is 1. The monoisotopic (exact) mass is 267 g/mol. The molecule has 3 atom stereocenters. The summed E-state index contributed by atoms with van der Waals surface area (Å²) >= 11 is 0. The van der Waals surface area contributed by atoms with Crippen molar-refractivity contribution in [3.05, 3.63) is 23.8 Å². The number of anilines is 1. The molecule has 1 heterocycles. The maximum absolute atomic E-state index is 9.92. The molecule has 106 valence electrons. The van der Waals surface area contributed by atoms with E-state index in [4.69, 9.17) is 9.47 Å². The van der Waals surface area contributed by atoms with Crippen molar-refractivity contribution >= 4 is 5.69 Å². The van der Waals surface area contributed by atoms with E-state index in [0.29, 0.717) is 5.56 Å². The lowest BCUT2D eigenvalue weighted by atomic mass is 10.1. The zero-order valence-corrected chi connectivity index (χ0v) is 11.5. The molecule has 0 saturated carbocycles. The van der Waals surface area contributed by atoms with Gasteiger partial charge in [0, 0.05) is 44.6 Å². The number of benzene rings is 1. The number of aliphatic hydroxyl groups is 1. The van der Waals surface area contributed by atoms with Gasteiger partial charge in [0.05, 0.1) is 6.10 Å². The van der Waals surface area contributed by atoms with E-state index in [-0.39, 0.29) is 18.0 Å². The van der Waals surface area contributed by atoms with Crippen LogP contribution in [0.5, 0.6) is 5.75 Å². The first-order valence-corrected chi connectivity index (χ1v) is 6.38. The molecular formula is C14H21NO4. The average Bonchev–Trinajstić information content (AvgIpc) is 2.81. The van der Waals surface area contributed by atoms with Gasteiger partial charge in [0.25, 0.3) is 0 Å². The summed E-state index contributed by atoms with van der Waals surface area (Å²) in [5.41, 5.74) is 1.44. The molecule has 1 aromatic carbocycles. The number of nitrogens with zero attached hydrogens (tertiary/aromatic N) is 1. The number of hydrogen-bond donors (Lipinski definition) is 2. The number of hydrogen-bond acceptors (Lipinski definition) is 5. The highest BCUT2D eigenvalue weighted by Crippen LogP contribution is 2.31. The lowest BCUT2D eigenvalue weighted by Gasteiger charge is -2.19. The summed E-state index contributed by atoms with van der Waals surface area (Å²) < 4.78 is 10.8. The van der Waals surface area contributed by atoms with Gasteiger partial charge in [-0.3, -0.25) is 0 Å². The van der Waals surface area contributed by atoms with Gasteiger partial charge in [-0.1, -0.05) is 6.07 Å². The van der Waals surface area contributed by atoms with Crippen molar-refractivity contribution in [2.45, 2.75) is 25.2 Å². The number of rotatable bonds is 4. The van der Waals surface area contributed by atoms with Crippen LogP contribution in [-0.2, 0) is 9.47 Å². The minimum absolute atomic E-state index is 0.0311. The third-order valence-corrected chi connectivity index (χ3v) is 3.65. The SMILES string of the molecule is COC1CN(c2ccc(C(C)O)c(O)c2)CC1OC. The van der Waals surface area contributed by atoms with Gasteiger partial charge in [-0.25, -0.2) is 0 Å². The van der Waals surface area contributed by atoms with Gasteiger partial charge in [-0.15, -0.1) is 0 Å². The molecule has 5 heteroatoms. The predicted octanol–water partition coefficient (Wildman–Crippen LogP) is 1.30. The molecule has 0 aliphatic carbocycles. The van der Waals surface area contributed by atoms with Gasteiger partial charge in [0.2, 0.25) is 0 Å². The minimum atomic E-state index is -0.675. The smallest absolute Gasteiger partial charge is 0.123 e. The van der Waals surface area contributed by atoms with Crippen LogP contribution in [0.2, 0.25) is 0 Å². The summed E-state index contributed by atoms with van der Waals surface area (Å²) in [5, 5.41) is 19.4. The van der Waals surface area contributed by atoms with Crippen molar-refractivity contribution in [3.63, 3.8) is 0 Å². The standard InChI is InChI=1S/C14H21NO4/c1-9(16)11-5-4-10(6-12(11)17)15-7-13(18-2)14(8-15)19-3/h4-6,9,13-14,16-17H,7-8H2,1-3H3. The number of methoxy groups -OCH3 is 2. The molecule has 0 bridgehead atoms. The fourth-order valence-electron chi connectivity index (χ4n) is 2.49. The van der Waals surface area contributed by atoms with Crippen LogP contribution in [0.15, 0.2) is 18.2 Å². The quantitative estimate of drug-likeness (QED) is 0.861. The number of phenolic OH excluding ortho intramolecular Hbond substituents is 1. The van der Waals surface area contributed by atoms with Gasteiger partial charge in [0.15, 0.2) is 0 Å². The summed E-state index contributed by atoms with van der Waals surface area (Å²) in [5.74, 6) is 0.113. The minimum Gasteiger partial charge on any atom is -0.507 e. The second kappa shape index (κ2) is 5.77.